The molecule has 0 aliphatic carbocycles. The molecule has 0 radical (unpaired) electrons. The molecule has 4 aliphatic rings. The maximum atomic E-state index is 13.2. The second-order valence-electron chi connectivity index (χ2n) is 8.72. The summed E-state index contributed by atoms with van der Waals surface area (Å²) in [4.78, 5) is 15.3. The van der Waals surface area contributed by atoms with Crippen molar-refractivity contribution >= 4 is 27.7 Å². The van der Waals surface area contributed by atoms with Crippen LogP contribution >= 0.6 is 11.8 Å². The van der Waals surface area contributed by atoms with Gasteiger partial charge in [0.1, 0.15) is 23.8 Å². The Morgan fingerprint density at radius 3 is 2.58 bits per heavy atom. The third kappa shape index (κ3) is 3.44. The van der Waals surface area contributed by atoms with Crippen molar-refractivity contribution in [1.82, 2.24) is 4.90 Å². The van der Waals surface area contributed by atoms with Crippen molar-refractivity contribution < 1.29 is 40.0 Å². The van der Waals surface area contributed by atoms with Crippen LogP contribution in [0.1, 0.15) is 40.5 Å². The number of rotatable bonds is 6. The van der Waals surface area contributed by atoms with E-state index in [0.29, 0.717) is 6.54 Å². The summed E-state index contributed by atoms with van der Waals surface area (Å²) >= 11 is 1.62. The number of piperidine rings is 1. The monoisotopic (exact) mass is 485 g/mol. The highest BCUT2D eigenvalue weighted by molar-refractivity contribution is 7.99. The number of halogens is 3. The number of carbonyl (C=O) groups is 1. The summed E-state index contributed by atoms with van der Waals surface area (Å²) < 4.78 is 79.0. The van der Waals surface area contributed by atoms with Gasteiger partial charge in [0.15, 0.2) is 5.79 Å². The van der Waals surface area contributed by atoms with E-state index in [1.165, 1.54) is 13.0 Å². The van der Waals surface area contributed by atoms with Crippen LogP contribution in [-0.2, 0) is 28.6 Å². The van der Waals surface area contributed by atoms with Crippen LogP contribution in [0.4, 0.5) is 13.2 Å². The maximum absolute atomic E-state index is 13.2. The molecule has 1 unspecified atom stereocenters. The van der Waals surface area contributed by atoms with Crippen molar-refractivity contribution in [2.75, 3.05) is 12.3 Å². The minimum absolute atomic E-state index is 0.00510. The predicted molar refractivity (Wildman–Crippen MR) is 107 cm³/mol. The molecule has 4 saturated heterocycles. The third-order valence-electron chi connectivity index (χ3n) is 6.49. The highest BCUT2D eigenvalue weighted by Crippen LogP contribution is 2.60. The molecule has 0 saturated carbocycles. The summed E-state index contributed by atoms with van der Waals surface area (Å²) in [5.74, 6) is -1.07. The Hall–Kier alpha value is -0.820. The van der Waals surface area contributed by atoms with E-state index in [1.54, 1.807) is 25.6 Å². The number of ketones is 1. The Morgan fingerprint density at radius 1 is 1.32 bits per heavy atom. The molecule has 4 fully saturated rings. The number of fused-ring (bicyclic) bond motifs is 2. The lowest BCUT2D eigenvalue weighted by Gasteiger charge is -2.43. The predicted octanol–water partition coefficient (Wildman–Crippen LogP) is 2.81. The van der Waals surface area contributed by atoms with Gasteiger partial charge < -0.3 is 13.7 Å². The van der Waals surface area contributed by atoms with E-state index in [-0.39, 0.29) is 35.7 Å². The first-order valence-corrected chi connectivity index (χ1v) is 12.7. The Balaban J connectivity index is 1.83. The van der Waals surface area contributed by atoms with Gasteiger partial charge in [-0.15, -0.1) is 0 Å². The number of hydrogen-bond donors (Lipinski definition) is 0. The molecule has 12 heteroatoms. The molecule has 176 valence electrons. The van der Waals surface area contributed by atoms with Crippen LogP contribution in [0.2, 0.25) is 0 Å². The standard InChI is InChI=1S/C19H26F3NO6S2/c1-5-10(29-31(25,26)19(20,21)22)8-18-14-12(24)7-11(23(18)9-13(14)30-6-2)15-16(18)28-17(3,4)27-15/h8,11,13-16H,5-7,9H2,1-4H3/b10-8-/t11-,13+,14-,15-,16-,18+/m1/s1. The van der Waals surface area contributed by atoms with E-state index in [2.05, 4.69) is 9.08 Å². The molecule has 31 heavy (non-hydrogen) atoms. The molecule has 0 aromatic heterocycles. The number of carbonyl (C=O) groups excluding carboxylic acids is 1. The van der Waals surface area contributed by atoms with Crippen LogP contribution in [0, 0.1) is 5.92 Å². The number of nitrogens with zero attached hydrogens (tertiary/aromatic N) is 1. The first-order valence-electron chi connectivity index (χ1n) is 10.3. The Kier molecular flexibility index (Phi) is 5.53. The lowest BCUT2D eigenvalue weighted by Crippen LogP contribution is -2.58. The molecule has 0 aromatic carbocycles. The molecule has 4 bridgehead atoms. The van der Waals surface area contributed by atoms with Crippen LogP contribution in [0.15, 0.2) is 11.8 Å². The summed E-state index contributed by atoms with van der Waals surface area (Å²) in [5, 5.41) is -0.0793. The molecular formula is C19H26F3NO6S2. The van der Waals surface area contributed by atoms with E-state index in [1.807, 2.05) is 6.92 Å². The van der Waals surface area contributed by atoms with Crippen molar-refractivity contribution in [3.8, 4) is 0 Å². The first-order chi connectivity index (χ1) is 14.3. The van der Waals surface area contributed by atoms with Gasteiger partial charge in [-0.25, -0.2) is 0 Å². The zero-order chi connectivity index (χ0) is 23.0. The number of thioether (sulfide) groups is 1. The van der Waals surface area contributed by atoms with Crippen LogP contribution in [-0.4, -0.2) is 71.7 Å². The smallest absolute Gasteiger partial charge is 0.381 e. The molecule has 7 atom stereocenters. The largest absolute Gasteiger partial charge is 0.534 e. The van der Waals surface area contributed by atoms with E-state index in [4.69, 9.17) is 9.47 Å². The topological polar surface area (TPSA) is 82.1 Å². The molecular weight excluding hydrogens is 459 g/mol. The molecule has 0 spiro atoms. The minimum Gasteiger partial charge on any atom is -0.381 e. The Bertz CT molecular complexity index is 905. The fraction of sp³-hybridized carbons (Fsp3) is 0.842. The summed E-state index contributed by atoms with van der Waals surface area (Å²) in [6.07, 6.45) is 0.515. The second-order valence-corrected chi connectivity index (χ2v) is 11.8. The fourth-order valence-electron chi connectivity index (χ4n) is 5.58. The van der Waals surface area contributed by atoms with Crippen LogP contribution < -0.4 is 0 Å². The molecule has 4 rings (SSSR count). The van der Waals surface area contributed by atoms with Gasteiger partial charge in [0.05, 0.1) is 11.5 Å². The molecule has 0 N–H and O–H groups in total. The zero-order valence-electron chi connectivity index (χ0n) is 17.6. The normalized spacial score (nSPS) is 41.5. The van der Waals surface area contributed by atoms with E-state index in [9.17, 15) is 26.4 Å². The summed E-state index contributed by atoms with van der Waals surface area (Å²) in [7, 11) is -5.83. The van der Waals surface area contributed by atoms with Crippen molar-refractivity contribution in [1.29, 1.82) is 0 Å². The molecule has 7 nitrogen and oxygen atoms in total. The van der Waals surface area contributed by atoms with Crippen molar-refractivity contribution in [2.45, 2.75) is 80.9 Å². The Morgan fingerprint density at radius 2 is 2.00 bits per heavy atom. The number of hydrogen-bond acceptors (Lipinski definition) is 8. The second kappa shape index (κ2) is 7.34. The summed E-state index contributed by atoms with van der Waals surface area (Å²) in [6.45, 7) is 7.53. The highest BCUT2D eigenvalue weighted by atomic mass is 32.2. The van der Waals surface area contributed by atoms with Crippen molar-refractivity contribution in [3.05, 3.63) is 11.8 Å². The Labute approximate surface area is 183 Å². The third-order valence-corrected chi connectivity index (χ3v) is 8.67. The fourth-order valence-corrected chi connectivity index (χ4v) is 7.37. The van der Waals surface area contributed by atoms with Crippen LogP contribution in [0.5, 0.6) is 0 Å². The zero-order valence-corrected chi connectivity index (χ0v) is 19.3. The molecule has 0 amide bonds. The quantitative estimate of drug-likeness (QED) is 0.323. The first kappa shape index (κ1) is 23.3. The average molecular weight is 486 g/mol. The molecule has 4 heterocycles. The maximum Gasteiger partial charge on any atom is 0.534 e. The number of Topliss-reactive ketones (excluding diaryl/α,β-unsaturated/α-hetero) is 1. The van der Waals surface area contributed by atoms with Crippen molar-refractivity contribution in [3.63, 3.8) is 0 Å². The summed E-state index contributed by atoms with van der Waals surface area (Å²) in [6, 6.07) is -0.286. The molecule has 0 aromatic rings. The van der Waals surface area contributed by atoms with E-state index in [0.717, 1.165) is 5.75 Å². The van der Waals surface area contributed by atoms with Gasteiger partial charge >= 0.3 is 15.6 Å². The van der Waals surface area contributed by atoms with Crippen molar-refractivity contribution in [2.24, 2.45) is 5.92 Å². The van der Waals surface area contributed by atoms with Crippen LogP contribution in [0.3, 0.4) is 0 Å². The minimum atomic E-state index is -5.83. The summed E-state index contributed by atoms with van der Waals surface area (Å²) in [5.41, 5.74) is -6.66. The van der Waals surface area contributed by atoms with E-state index >= 15 is 0 Å². The number of allylic oxidation sites excluding steroid dienone is 1. The van der Waals surface area contributed by atoms with Crippen LogP contribution in [0.25, 0.3) is 0 Å². The molecule has 4 aliphatic heterocycles. The van der Waals surface area contributed by atoms with Gasteiger partial charge in [0.25, 0.3) is 0 Å². The number of alkyl halides is 3. The average Bonchev–Trinajstić information content (AvgIpc) is 3.12. The lowest BCUT2D eigenvalue weighted by molar-refractivity contribution is -0.180. The van der Waals surface area contributed by atoms with Gasteiger partial charge in [-0.1, -0.05) is 13.8 Å². The van der Waals surface area contributed by atoms with E-state index < -0.39 is 45.1 Å². The van der Waals surface area contributed by atoms with Gasteiger partial charge in [-0.2, -0.15) is 33.4 Å². The highest BCUT2D eigenvalue weighted by Gasteiger charge is 2.75. The number of ether oxygens (including phenoxy) is 2. The van der Waals surface area contributed by atoms with Gasteiger partial charge in [0.2, 0.25) is 0 Å². The van der Waals surface area contributed by atoms with Gasteiger partial charge in [0, 0.05) is 30.7 Å². The lowest BCUT2D eigenvalue weighted by atomic mass is 9.77. The SMILES string of the molecule is CCS[C@H]1CN2[C@@H]3CC(=O)[C@H]1[C@@]2(/C=C(/CC)OS(=O)(=O)C(F)(F)F)[C@@H]1OC(C)(C)O[C@H]31. The van der Waals surface area contributed by atoms with Gasteiger partial charge in [-0.3, -0.25) is 9.69 Å². The van der Waals surface area contributed by atoms with Gasteiger partial charge in [-0.05, 0) is 25.7 Å².